The maximum Gasteiger partial charge on any atom is 0.326 e. The molecule has 0 saturated heterocycles. The second-order valence-corrected chi connectivity index (χ2v) is 13.9. The predicted octanol–water partition coefficient (Wildman–Crippen LogP) is 2.25. The Kier molecular flexibility index (Phi) is 18.7. The van der Waals surface area contributed by atoms with Crippen LogP contribution < -0.4 is 26.6 Å². The number of rotatable bonds is 24. The van der Waals surface area contributed by atoms with Gasteiger partial charge >= 0.3 is 5.97 Å². The van der Waals surface area contributed by atoms with Crippen molar-refractivity contribution in [1.82, 2.24) is 41.5 Å². The number of likely N-dealkylation sites (N-methyl/N-ethyl adjacent to an activating group) is 2. The lowest BCUT2D eigenvalue weighted by Crippen LogP contribution is -2.63. The smallest absolute Gasteiger partial charge is 0.326 e. The van der Waals surface area contributed by atoms with Crippen molar-refractivity contribution in [2.75, 3.05) is 20.6 Å². The van der Waals surface area contributed by atoms with E-state index >= 15 is 4.39 Å². The van der Waals surface area contributed by atoms with E-state index in [0.717, 1.165) is 11.9 Å². The zero-order valence-corrected chi connectivity index (χ0v) is 33.0. The number of nitrogens with zero attached hydrogens (tertiary/aromatic N) is 3. The first-order valence-corrected chi connectivity index (χ1v) is 19.2. The summed E-state index contributed by atoms with van der Waals surface area (Å²) in [5.74, 6) is -8.53. The number of alkyl halides is 1. The average molecular weight is 791 g/mol. The lowest BCUT2D eigenvalue weighted by molar-refractivity contribution is -0.158. The molecular formula is C41H55FN8O7. The molecule has 1 aromatic carbocycles. The number of amides is 5. The van der Waals surface area contributed by atoms with Gasteiger partial charge in [0.25, 0.3) is 11.7 Å². The summed E-state index contributed by atoms with van der Waals surface area (Å²) in [6.45, 7) is 3.62. The standard InChI is InChI=1S/C41H55FN8O7/c1-5-7-18-31(47-37(53)32(46-35(51)27-43-3)23-29-16-12-20-44-25-29)36(52)48-33(22-28-14-10-9-11-15-28)38(54)49-41(42,19-8-6-2)40(57)50(4)34(39(55)56)24-30-17-13-21-45-26-30/h9-17,20-21,25-26,31-34,43H,5-8,18-19,22-24,27H2,1-4H3,(H,46,51)(H,47,53)(H,48,52)(H,49,54)(H,55,56)/t31-,32-,33-,34-,41-/m0/s1. The molecule has 0 bridgehead atoms. The minimum atomic E-state index is -3.04. The number of carboxylic acid groups (broad SMARTS) is 1. The van der Waals surface area contributed by atoms with Gasteiger partial charge in [-0.3, -0.25) is 33.9 Å². The van der Waals surface area contributed by atoms with Crippen LogP contribution in [0.1, 0.15) is 69.1 Å². The van der Waals surface area contributed by atoms with Gasteiger partial charge in [-0.1, -0.05) is 75.6 Å². The molecule has 0 fully saturated rings. The largest absolute Gasteiger partial charge is 0.480 e. The van der Waals surface area contributed by atoms with Gasteiger partial charge in [-0.25, -0.2) is 9.18 Å². The van der Waals surface area contributed by atoms with E-state index in [1.165, 1.54) is 12.4 Å². The topological polar surface area (TPSA) is 212 Å². The summed E-state index contributed by atoms with van der Waals surface area (Å²) >= 11 is 0. The van der Waals surface area contributed by atoms with Crippen LogP contribution in [0.25, 0.3) is 0 Å². The first-order chi connectivity index (χ1) is 27.3. The first-order valence-electron chi connectivity index (χ1n) is 19.2. The molecule has 5 amide bonds. The molecule has 6 N–H and O–H groups in total. The van der Waals surface area contributed by atoms with Crippen LogP contribution in [0.5, 0.6) is 0 Å². The summed E-state index contributed by atoms with van der Waals surface area (Å²) in [7, 11) is 2.75. The maximum absolute atomic E-state index is 17.1. The Balaban J connectivity index is 1.91. The lowest BCUT2D eigenvalue weighted by Gasteiger charge is -2.34. The fraction of sp³-hybridized carbons (Fsp3) is 0.463. The Morgan fingerprint density at radius 3 is 1.84 bits per heavy atom. The van der Waals surface area contributed by atoms with E-state index in [4.69, 9.17) is 0 Å². The molecule has 3 aromatic rings. The second kappa shape index (κ2) is 23.3. The molecule has 2 aromatic heterocycles. The van der Waals surface area contributed by atoms with Crippen molar-refractivity contribution in [2.24, 2.45) is 0 Å². The molecule has 308 valence electrons. The highest BCUT2D eigenvalue weighted by atomic mass is 19.1. The van der Waals surface area contributed by atoms with E-state index in [1.807, 2.05) is 6.92 Å². The number of halogens is 1. The Hall–Kier alpha value is -5.77. The normalized spacial score (nSPS) is 14.1. The number of unbranched alkanes of at least 4 members (excludes halogenated alkanes) is 2. The third kappa shape index (κ3) is 14.7. The number of aromatic nitrogens is 2. The fourth-order valence-corrected chi connectivity index (χ4v) is 6.13. The van der Waals surface area contributed by atoms with Gasteiger partial charge in [-0.2, -0.15) is 0 Å². The number of benzene rings is 1. The summed E-state index contributed by atoms with van der Waals surface area (Å²) in [6, 6.07) is 10.2. The Morgan fingerprint density at radius 2 is 1.28 bits per heavy atom. The summed E-state index contributed by atoms with van der Waals surface area (Å²) in [5, 5.41) is 23.1. The van der Waals surface area contributed by atoms with Crippen LogP contribution >= 0.6 is 0 Å². The molecule has 5 atom stereocenters. The van der Waals surface area contributed by atoms with E-state index in [0.29, 0.717) is 36.0 Å². The fourth-order valence-electron chi connectivity index (χ4n) is 6.13. The van der Waals surface area contributed by atoms with Gasteiger partial charge in [0.2, 0.25) is 23.6 Å². The average Bonchev–Trinajstić information content (AvgIpc) is 3.20. The Bertz CT molecular complexity index is 1760. The summed E-state index contributed by atoms with van der Waals surface area (Å²) in [4.78, 5) is 89.6. The van der Waals surface area contributed by atoms with Crippen LogP contribution in [-0.2, 0) is 48.0 Å². The minimum Gasteiger partial charge on any atom is -0.480 e. The van der Waals surface area contributed by atoms with Gasteiger partial charge in [-0.05, 0) is 48.7 Å². The molecule has 0 aliphatic carbocycles. The SMILES string of the molecule is CCCC[C@H](NC(=O)[C@H](Cc1cccnc1)NC(=O)CNC)C(=O)N[C@@H](Cc1ccccc1)C(=O)N[C@@](F)(CCCC)C(=O)N(C)[C@@H](Cc1cccnc1)C(=O)O. The van der Waals surface area contributed by atoms with Crippen molar-refractivity contribution in [3.05, 3.63) is 96.1 Å². The molecule has 2 heterocycles. The zero-order valence-electron chi connectivity index (χ0n) is 33.0. The van der Waals surface area contributed by atoms with Crippen molar-refractivity contribution < 1.29 is 38.3 Å². The molecule has 16 heteroatoms. The van der Waals surface area contributed by atoms with Gasteiger partial charge < -0.3 is 36.6 Å². The van der Waals surface area contributed by atoms with Gasteiger partial charge in [-0.15, -0.1) is 0 Å². The lowest BCUT2D eigenvalue weighted by atomic mass is 10.00. The van der Waals surface area contributed by atoms with Crippen LogP contribution in [-0.4, -0.2) is 106 Å². The number of carbonyl (C=O) groups excluding carboxylic acids is 5. The Morgan fingerprint density at radius 1 is 0.737 bits per heavy atom. The zero-order chi connectivity index (χ0) is 41.8. The number of aliphatic carboxylic acids is 1. The van der Waals surface area contributed by atoms with Crippen LogP contribution in [0.15, 0.2) is 79.4 Å². The van der Waals surface area contributed by atoms with Gasteiger partial charge in [0.05, 0.1) is 6.54 Å². The van der Waals surface area contributed by atoms with Crippen LogP contribution in [0, 0.1) is 0 Å². The first kappa shape index (κ1) is 45.6. The highest BCUT2D eigenvalue weighted by Crippen LogP contribution is 2.23. The van der Waals surface area contributed by atoms with Crippen molar-refractivity contribution in [3.63, 3.8) is 0 Å². The van der Waals surface area contributed by atoms with Crippen LogP contribution in [0.2, 0.25) is 0 Å². The van der Waals surface area contributed by atoms with Crippen molar-refractivity contribution in [2.45, 2.75) is 102 Å². The molecular weight excluding hydrogens is 735 g/mol. The molecule has 57 heavy (non-hydrogen) atoms. The number of nitrogens with one attached hydrogen (secondary N) is 5. The number of carbonyl (C=O) groups is 6. The van der Waals surface area contributed by atoms with E-state index in [9.17, 15) is 33.9 Å². The van der Waals surface area contributed by atoms with Crippen LogP contribution in [0.3, 0.4) is 0 Å². The molecule has 0 saturated carbocycles. The number of carboxylic acids is 1. The quantitative estimate of drug-likeness (QED) is 0.0729. The molecule has 0 radical (unpaired) electrons. The number of hydrogen-bond donors (Lipinski definition) is 6. The Labute approximate surface area is 333 Å². The predicted molar refractivity (Wildman–Crippen MR) is 211 cm³/mol. The molecule has 0 aliphatic rings. The third-order valence-electron chi connectivity index (χ3n) is 9.31. The van der Waals surface area contributed by atoms with E-state index in [1.54, 1.807) is 81.0 Å². The van der Waals surface area contributed by atoms with Crippen molar-refractivity contribution >= 4 is 35.5 Å². The molecule has 0 spiro atoms. The maximum atomic E-state index is 17.1. The molecule has 0 aliphatic heterocycles. The molecule has 0 unspecified atom stereocenters. The number of hydrogen-bond acceptors (Lipinski definition) is 9. The summed E-state index contributed by atoms with van der Waals surface area (Å²) in [6.07, 6.45) is 7.44. The van der Waals surface area contributed by atoms with E-state index in [2.05, 4.69) is 36.6 Å². The van der Waals surface area contributed by atoms with Crippen molar-refractivity contribution in [3.8, 4) is 0 Å². The minimum absolute atomic E-state index is 0.0546. The van der Waals surface area contributed by atoms with Gasteiger partial charge in [0, 0.05) is 57.5 Å². The highest BCUT2D eigenvalue weighted by Gasteiger charge is 2.46. The summed E-state index contributed by atoms with van der Waals surface area (Å²) in [5.41, 5.74) is 1.78. The van der Waals surface area contributed by atoms with E-state index < -0.39 is 71.9 Å². The number of pyridine rings is 2. The second-order valence-electron chi connectivity index (χ2n) is 13.9. The van der Waals surface area contributed by atoms with E-state index in [-0.39, 0.29) is 38.6 Å². The highest BCUT2D eigenvalue weighted by molar-refractivity contribution is 5.97. The van der Waals surface area contributed by atoms with Crippen molar-refractivity contribution in [1.29, 1.82) is 0 Å². The monoisotopic (exact) mass is 790 g/mol. The third-order valence-corrected chi connectivity index (χ3v) is 9.31. The van der Waals surface area contributed by atoms with Gasteiger partial charge in [0.1, 0.15) is 24.2 Å². The summed E-state index contributed by atoms with van der Waals surface area (Å²) < 4.78 is 17.1. The molecule has 3 rings (SSSR count). The van der Waals surface area contributed by atoms with Crippen LogP contribution in [0.4, 0.5) is 4.39 Å². The van der Waals surface area contributed by atoms with Gasteiger partial charge in [0.15, 0.2) is 0 Å². The molecule has 15 nitrogen and oxygen atoms in total.